The molecule has 102 valence electrons. The molecule has 1 aliphatic carbocycles. The van der Waals surface area contributed by atoms with E-state index in [1.54, 1.807) is 7.11 Å². The molecule has 0 spiro atoms. The lowest BCUT2D eigenvalue weighted by Gasteiger charge is -2.21. The van der Waals surface area contributed by atoms with Crippen LogP contribution in [0.25, 0.3) is 0 Å². The van der Waals surface area contributed by atoms with E-state index < -0.39 is 0 Å². The third-order valence-corrected chi connectivity index (χ3v) is 4.14. The molecule has 0 amide bonds. The zero-order valence-electron chi connectivity index (χ0n) is 11.2. The van der Waals surface area contributed by atoms with E-state index in [-0.39, 0.29) is 0 Å². The molecule has 1 heterocycles. The summed E-state index contributed by atoms with van der Waals surface area (Å²) in [5.74, 6) is 0. The monoisotopic (exact) mass is 268 g/mol. The van der Waals surface area contributed by atoms with Gasteiger partial charge in [-0.1, -0.05) is 6.07 Å². The maximum absolute atomic E-state index is 5.04. The first-order valence-electron chi connectivity index (χ1n) is 6.86. The summed E-state index contributed by atoms with van der Waals surface area (Å²) in [7, 11) is 1.76. The molecule has 3 nitrogen and oxygen atoms in total. The lowest BCUT2D eigenvalue weighted by atomic mass is 10.3. The molecule has 2 rings (SSSR count). The maximum atomic E-state index is 5.04. The summed E-state index contributed by atoms with van der Waals surface area (Å²) in [6, 6.07) is 5.23. The van der Waals surface area contributed by atoms with Crippen LogP contribution in [0.4, 0.5) is 0 Å². The molecular formula is C14H24N2OS. The van der Waals surface area contributed by atoms with Crippen molar-refractivity contribution < 1.29 is 4.74 Å². The largest absolute Gasteiger partial charge is 0.385 e. The van der Waals surface area contributed by atoms with Crippen LogP contribution in [0, 0.1) is 0 Å². The van der Waals surface area contributed by atoms with E-state index in [2.05, 4.69) is 27.7 Å². The molecular weight excluding hydrogens is 244 g/mol. The van der Waals surface area contributed by atoms with Gasteiger partial charge in [-0.15, -0.1) is 11.3 Å². The molecule has 1 fully saturated rings. The lowest BCUT2D eigenvalue weighted by Crippen LogP contribution is -2.33. The van der Waals surface area contributed by atoms with E-state index in [1.165, 1.54) is 17.7 Å². The van der Waals surface area contributed by atoms with Crippen molar-refractivity contribution in [3.63, 3.8) is 0 Å². The average Bonchev–Trinajstić information content (AvgIpc) is 3.10. The van der Waals surface area contributed by atoms with E-state index in [1.807, 2.05) is 11.3 Å². The van der Waals surface area contributed by atoms with E-state index >= 15 is 0 Å². The second kappa shape index (κ2) is 7.89. The quantitative estimate of drug-likeness (QED) is 0.659. The van der Waals surface area contributed by atoms with Gasteiger partial charge < -0.3 is 10.1 Å². The Hall–Kier alpha value is -0.420. The number of methoxy groups -OCH3 is 1. The van der Waals surface area contributed by atoms with Crippen LogP contribution < -0.4 is 5.32 Å². The molecule has 1 aromatic rings. The van der Waals surface area contributed by atoms with Crippen LogP contribution in [0.15, 0.2) is 17.5 Å². The van der Waals surface area contributed by atoms with Gasteiger partial charge in [-0.05, 0) is 37.3 Å². The fourth-order valence-corrected chi connectivity index (χ4v) is 2.85. The smallest absolute Gasteiger partial charge is 0.0474 e. The third-order valence-electron chi connectivity index (χ3n) is 3.28. The first-order chi connectivity index (χ1) is 8.90. The van der Waals surface area contributed by atoms with Gasteiger partial charge in [0.2, 0.25) is 0 Å². The highest BCUT2D eigenvalue weighted by Crippen LogP contribution is 2.28. The van der Waals surface area contributed by atoms with Gasteiger partial charge in [-0.25, -0.2) is 0 Å². The molecule has 0 radical (unpaired) electrons. The summed E-state index contributed by atoms with van der Waals surface area (Å²) in [5.41, 5.74) is 0. The summed E-state index contributed by atoms with van der Waals surface area (Å²) in [6.07, 6.45) is 3.87. The molecule has 1 aromatic heterocycles. The Labute approximate surface area is 114 Å². The molecule has 0 aromatic carbocycles. The van der Waals surface area contributed by atoms with Crippen molar-refractivity contribution in [3.05, 3.63) is 22.4 Å². The molecule has 18 heavy (non-hydrogen) atoms. The first-order valence-corrected chi connectivity index (χ1v) is 7.74. The Morgan fingerprint density at radius 3 is 3.00 bits per heavy atom. The predicted octanol–water partition coefficient (Wildman–Crippen LogP) is 2.34. The van der Waals surface area contributed by atoms with Crippen LogP contribution in [0.3, 0.4) is 0 Å². The van der Waals surface area contributed by atoms with Crippen molar-refractivity contribution in [2.45, 2.75) is 31.8 Å². The van der Waals surface area contributed by atoms with Gasteiger partial charge in [-0.2, -0.15) is 0 Å². The average molecular weight is 268 g/mol. The number of nitrogens with one attached hydrogen (secondary N) is 1. The minimum Gasteiger partial charge on any atom is -0.385 e. The fraction of sp³-hybridized carbons (Fsp3) is 0.714. The number of hydrogen-bond donors (Lipinski definition) is 1. The number of rotatable bonds is 10. The van der Waals surface area contributed by atoms with Gasteiger partial charge in [0.15, 0.2) is 0 Å². The number of ether oxygens (including phenoxy) is 1. The Morgan fingerprint density at radius 1 is 1.44 bits per heavy atom. The third kappa shape index (κ3) is 5.06. The second-order valence-corrected chi connectivity index (χ2v) is 5.91. The van der Waals surface area contributed by atoms with Crippen LogP contribution in [0.2, 0.25) is 0 Å². The standard InChI is InChI=1S/C14H24N2OS/c1-17-10-3-7-15-8-9-16(13-5-6-13)12-14-4-2-11-18-14/h2,4,11,13,15H,3,5-10,12H2,1H3. The summed E-state index contributed by atoms with van der Waals surface area (Å²) >= 11 is 1.87. The first kappa shape index (κ1) is 14.0. The van der Waals surface area contributed by atoms with Crippen molar-refractivity contribution in [2.24, 2.45) is 0 Å². The summed E-state index contributed by atoms with van der Waals surface area (Å²) in [5, 5.41) is 5.66. The second-order valence-electron chi connectivity index (χ2n) is 4.88. The van der Waals surface area contributed by atoms with E-state index in [0.29, 0.717) is 0 Å². The van der Waals surface area contributed by atoms with Gasteiger partial charge in [0, 0.05) is 44.3 Å². The van der Waals surface area contributed by atoms with Crippen LogP contribution in [-0.2, 0) is 11.3 Å². The van der Waals surface area contributed by atoms with Crippen LogP contribution >= 0.6 is 11.3 Å². The number of thiophene rings is 1. The summed E-state index contributed by atoms with van der Waals surface area (Å²) in [4.78, 5) is 4.11. The molecule has 0 unspecified atom stereocenters. The van der Waals surface area contributed by atoms with E-state index in [9.17, 15) is 0 Å². The molecule has 1 saturated carbocycles. The van der Waals surface area contributed by atoms with E-state index in [4.69, 9.17) is 4.74 Å². The van der Waals surface area contributed by atoms with Gasteiger partial charge in [0.05, 0.1) is 0 Å². The van der Waals surface area contributed by atoms with Crippen LogP contribution in [0.1, 0.15) is 24.1 Å². The lowest BCUT2D eigenvalue weighted by molar-refractivity contribution is 0.193. The highest BCUT2D eigenvalue weighted by atomic mass is 32.1. The Balaban J connectivity index is 1.61. The van der Waals surface area contributed by atoms with E-state index in [0.717, 1.165) is 45.2 Å². The van der Waals surface area contributed by atoms with Gasteiger partial charge in [-0.3, -0.25) is 4.90 Å². The molecule has 0 saturated heterocycles. The molecule has 1 N–H and O–H groups in total. The van der Waals surface area contributed by atoms with Crippen molar-refractivity contribution in [1.82, 2.24) is 10.2 Å². The predicted molar refractivity (Wildman–Crippen MR) is 77.1 cm³/mol. The zero-order chi connectivity index (χ0) is 12.6. The van der Waals surface area contributed by atoms with Crippen LogP contribution in [-0.4, -0.2) is 44.3 Å². The maximum Gasteiger partial charge on any atom is 0.0474 e. The minimum atomic E-state index is 0.841. The van der Waals surface area contributed by atoms with Crippen molar-refractivity contribution in [2.75, 3.05) is 33.4 Å². The van der Waals surface area contributed by atoms with Crippen LogP contribution in [0.5, 0.6) is 0 Å². The molecule has 0 atom stereocenters. The Morgan fingerprint density at radius 2 is 2.33 bits per heavy atom. The van der Waals surface area contributed by atoms with Crippen molar-refractivity contribution in [1.29, 1.82) is 0 Å². The molecule has 1 aliphatic rings. The minimum absolute atomic E-state index is 0.841. The summed E-state index contributed by atoms with van der Waals surface area (Å²) < 4.78 is 5.04. The SMILES string of the molecule is COCCCNCCN(Cc1cccs1)C1CC1. The Kier molecular flexibility index (Phi) is 6.14. The highest BCUT2D eigenvalue weighted by molar-refractivity contribution is 7.09. The van der Waals surface area contributed by atoms with Crippen molar-refractivity contribution >= 4 is 11.3 Å². The molecule has 0 bridgehead atoms. The molecule has 0 aliphatic heterocycles. The Bertz CT molecular complexity index is 312. The topological polar surface area (TPSA) is 24.5 Å². The van der Waals surface area contributed by atoms with Crippen molar-refractivity contribution in [3.8, 4) is 0 Å². The molecule has 4 heteroatoms. The van der Waals surface area contributed by atoms with Gasteiger partial charge in [0.1, 0.15) is 0 Å². The number of nitrogens with zero attached hydrogens (tertiary/aromatic N) is 1. The normalized spacial score (nSPS) is 15.4. The zero-order valence-corrected chi connectivity index (χ0v) is 12.0. The summed E-state index contributed by atoms with van der Waals surface area (Å²) in [6.45, 7) is 5.29. The van der Waals surface area contributed by atoms with Gasteiger partial charge in [0.25, 0.3) is 0 Å². The fourth-order valence-electron chi connectivity index (χ4n) is 2.12. The number of hydrogen-bond acceptors (Lipinski definition) is 4. The highest BCUT2D eigenvalue weighted by Gasteiger charge is 2.28. The van der Waals surface area contributed by atoms with Gasteiger partial charge >= 0.3 is 0 Å².